The van der Waals surface area contributed by atoms with Gasteiger partial charge in [0, 0.05) is 11.8 Å². The van der Waals surface area contributed by atoms with Crippen molar-refractivity contribution in [1.82, 2.24) is 10.1 Å². The summed E-state index contributed by atoms with van der Waals surface area (Å²) < 4.78 is 12.1. The van der Waals surface area contributed by atoms with E-state index < -0.39 is 0 Å². The third-order valence-electron chi connectivity index (χ3n) is 5.69. The molecular weight excluding hydrogens is 376 g/mol. The van der Waals surface area contributed by atoms with E-state index in [0.717, 1.165) is 52.4 Å². The minimum absolute atomic E-state index is 0.199. The van der Waals surface area contributed by atoms with Gasteiger partial charge in [-0.3, -0.25) is 4.98 Å². The molecule has 5 heteroatoms. The van der Waals surface area contributed by atoms with Crippen molar-refractivity contribution in [2.45, 2.75) is 25.2 Å². The second-order valence-electron chi connectivity index (χ2n) is 7.80. The average molecular weight is 398 g/mol. The lowest BCUT2D eigenvalue weighted by atomic mass is 9.92. The summed E-state index contributed by atoms with van der Waals surface area (Å²) in [6, 6.07) is 21.1. The summed E-state index contributed by atoms with van der Waals surface area (Å²) in [7, 11) is 0. The summed E-state index contributed by atoms with van der Waals surface area (Å²) in [6.07, 6.45) is 3.73. The van der Waals surface area contributed by atoms with Crippen molar-refractivity contribution in [3.8, 4) is 33.9 Å². The second-order valence-corrected chi connectivity index (χ2v) is 7.80. The fourth-order valence-electron chi connectivity index (χ4n) is 3.77. The van der Waals surface area contributed by atoms with Crippen LogP contribution in [-0.4, -0.2) is 21.9 Å². The molecular formula is C25H22N2O3. The number of phenolic OH excluding ortho intramolecular Hbond substituents is 1. The number of benzene rings is 2. The Balaban J connectivity index is 1.55. The number of ether oxygens (including phenoxy) is 1. The van der Waals surface area contributed by atoms with Gasteiger partial charge in [-0.2, -0.15) is 0 Å². The van der Waals surface area contributed by atoms with E-state index in [0.29, 0.717) is 6.61 Å². The van der Waals surface area contributed by atoms with Gasteiger partial charge in [0.15, 0.2) is 5.76 Å². The molecule has 0 atom stereocenters. The lowest BCUT2D eigenvalue weighted by molar-refractivity contribution is 0.243. The zero-order valence-electron chi connectivity index (χ0n) is 16.7. The highest BCUT2D eigenvalue weighted by atomic mass is 16.5. The summed E-state index contributed by atoms with van der Waals surface area (Å²) in [5, 5.41) is 14.1. The molecule has 1 fully saturated rings. The van der Waals surface area contributed by atoms with Crippen LogP contribution in [0.2, 0.25) is 0 Å². The van der Waals surface area contributed by atoms with Crippen LogP contribution >= 0.6 is 0 Å². The highest BCUT2D eigenvalue weighted by Crippen LogP contribution is 2.53. The maximum Gasteiger partial charge on any atom is 0.154 e. The molecule has 0 radical (unpaired) electrons. The smallest absolute Gasteiger partial charge is 0.154 e. The molecule has 150 valence electrons. The third kappa shape index (κ3) is 3.32. The van der Waals surface area contributed by atoms with Gasteiger partial charge in [-0.25, -0.2) is 0 Å². The SMILES string of the molecule is Cc1ncccc1OCC1(c2onc(-c3ccc(O)cc3)c2-c2ccccc2)CC1. The van der Waals surface area contributed by atoms with E-state index in [1.807, 2.05) is 49.4 Å². The van der Waals surface area contributed by atoms with Crippen molar-refractivity contribution >= 4 is 0 Å². The van der Waals surface area contributed by atoms with Crippen LogP contribution in [0.5, 0.6) is 11.5 Å². The molecule has 0 amide bonds. The number of nitrogens with zero attached hydrogens (tertiary/aromatic N) is 2. The lowest BCUT2D eigenvalue weighted by Gasteiger charge is -2.16. The fraction of sp³-hybridized carbons (Fsp3) is 0.200. The van der Waals surface area contributed by atoms with Crippen molar-refractivity contribution in [2.75, 3.05) is 6.61 Å². The van der Waals surface area contributed by atoms with Crippen LogP contribution in [0.3, 0.4) is 0 Å². The molecule has 4 aromatic rings. The summed E-state index contributed by atoms with van der Waals surface area (Å²) in [4.78, 5) is 4.31. The quantitative estimate of drug-likeness (QED) is 0.463. The normalized spacial score (nSPS) is 14.4. The average Bonchev–Trinajstić information content (AvgIpc) is 3.43. The summed E-state index contributed by atoms with van der Waals surface area (Å²) in [6.45, 7) is 2.46. The number of hydrogen-bond donors (Lipinski definition) is 1. The Hall–Kier alpha value is -3.60. The van der Waals surface area contributed by atoms with Gasteiger partial charge in [0.2, 0.25) is 0 Å². The Labute approximate surface area is 175 Å². The van der Waals surface area contributed by atoms with E-state index in [-0.39, 0.29) is 11.2 Å². The predicted octanol–water partition coefficient (Wildman–Crippen LogP) is 5.53. The van der Waals surface area contributed by atoms with Crippen LogP contribution in [0.4, 0.5) is 0 Å². The minimum atomic E-state index is -0.199. The van der Waals surface area contributed by atoms with Crippen molar-refractivity contribution in [1.29, 1.82) is 0 Å². The van der Waals surface area contributed by atoms with Gasteiger partial charge >= 0.3 is 0 Å². The molecule has 0 saturated heterocycles. The first kappa shape index (κ1) is 18.4. The highest BCUT2D eigenvalue weighted by Gasteiger charge is 2.51. The summed E-state index contributed by atoms with van der Waals surface area (Å²) in [5.41, 5.74) is 4.40. The summed E-state index contributed by atoms with van der Waals surface area (Å²) >= 11 is 0. The van der Waals surface area contributed by atoms with Crippen LogP contribution in [0.1, 0.15) is 24.3 Å². The van der Waals surface area contributed by atoms with Crippen molar-refractivity contribution in [3.63, 3.8) is 0 Å². The zero-order chi connectivity index (χ0) is 20.6. The highest BCUT2D eigenvalue weighted by molar-refractivity contribution is 5.83. The molecule has 0 aliphatic heterocycles. The second kappa shape index (κ2) is 7.34. The van der Waals surface area contributed by atoms with Gasteiger partial charge < -0.3 is 14.4 Å². The van der Waals surface area contributed by atoms with Crippen LogP contribution < -0.4 is 4.74 Å². The van der Waals surface area contributed by atoms with Crippen molar-refractivity contribution < 1.29 is 14.4 Å². The lowest BCUT2D eigenvalue weighted by Crippen LogP contribution is -2.18. The predicted molar refractivity (Wildman–Crippen MR) is 114 cm³/mol. The van der Waals surface area contributed by atoms with E-state index >= 15 is 0 Å². The van der Waals surface area contributed by atoms with E-state index in [1.165, 1.54) is 0 Å². The van der Waals surface area contributed by atoms with Gasteiger partial charge in [-0.15, -0.1) is 0 Å². The number of phenols is 1. The van der Waals surface area contributed by atoms with E-state index in [1.54, 1.807) is 18.3 Å². The summed E-state index contributed by atoms with van der Waals surface area (Å²) in [5.74, 6) is 1.88. The molecule has 5 rings (SSSR count). The number of pyridine rings is 1. The molecule has 2 aromatic heterocycles. The number of hydrogen-bond acceptors (Lipinski definition) is 5. The monoisotopic (exact) mass is 398 g/mol. The van der Waals surface area contributed by atoms with Gasteiger partial charge in [0.05, 0.1) is 16.7 Å². The number of rotatable bonds is 6. The molecule has 1 aliphatic rings. The minimum Gasteiger partial charge on any atom is -0.508 e. The van der Waals surface area contributed by atoms with Gasteiger partial charge in [0.25, 0.3) is 0 Å². The van der Waals surface area contributed by atoms with E-state index in [4.69, 9.17) is 9.26 Å². The maximum absolute atomic E-state index is 9.67. The molecule has 1 saturated carbocycles. The number of aromatic hydroxyl groups is 1. The van der Waals surface area contributed by atoms with E-state index in [9.17, 15) is 5.11 Å². The van der Waals surface area contributed by atoms with Crippen molar-refractivity contribution in [3.05, 3.63) is 84.4 Å². The first-order valence-electron chi connectivity index (χ1n) is 10.1. The first-order valence-corrected chi connectivity index (χ1v) is 10.1. The molecule has 30 heavy (non-hydrogen) atoms. The van der Waals surface area contributed by atoms with Crippen LogP contribution in [0.15, 0.2) is 77.4 Å². The molecule has 1 aliphatic carbocycles. The van der Waals surface area contributed by atoms with Gasteiger partial charge in [-0.05, 0) is 61.7 Å². The standard InChI is InChI=1S/C25H22N2O3/c1-17-21(8-5-15-26-17)29-16-25(13-14-25)24-22(18-6-3-2-4-7-18)23(27-30-24)19-9-11-20(28)12-10-19/h2-12,15,28H,13-14,16H2,1H3. The topological polar surface area (TPSA) is 68.4 Å². The molecule has 1 N–H and O–H groups in total. The molecule has 0 unspecified atom stereocenters. The van der Waals surface area contributed by atoms with Crippen LogP contribution in [0.25, 0.3) is 22.4 Å². The number of aromatic nitrogens is 2. The first-order chi connectivity index (χ1) is 14.7. The van der Waals surface area contributed by atoms with Gasteiger partial charge in [0.1, 0.15) is 23.8 Å². The van der Waals surface area contributed by atoms with E-state index in [2.05, 4.69) is 22.3 Å². The Bertz CT molecular complexity index is 1160. The molecule has 0 spiro atoms. The maximum atomic E-state index is 9.67. The van der Waals surface area contributed by atoms with Gasteiger partial charge in [-0.1, -0.05) is 35.5 Å². The zero-order valence-corrected chi connectivity index (χ0v) is 16.7. The number of aryl methyl sites for hydroxylation is 1. The third-order valence-corrected chi connectivity index (χ3v) is 5.69. The Morgan fingerprint density at radius 2 is 1.73 bits per heavy atom. The largest absolute Gasteiger partial charge is 0.508 e. The Kier molecular flexibility index (Phi) is 4.51. The van der Waals surface area contributed by atoms with Crippen LogP contribution in [0, 0.1) is 6.92 Å². The molecule has 5 nitrogen and oxygen atoms in total. The fourth-order valence-corrected chi connectivity index (χ4v) is 3.77. The Morgan fingerprint density at radius 3 is 2.43 bits per heavy atom. The molecule has 0 bridgehead atoms. The molecule has 2 aromatic carbocycles. The van der Waals surface area contributed by atoms with Crippen LogP contribution in [-0.2, 0) is 5.41 Å². The van der Waals surface area contributed by atoms with Crippen molar-refractivity contribution in [2.24, 2.45) is 0 Å². The Morgan fingerprint density at radius 1 is 0.967 bits per heavy atom. The molecule has 2 heterocycles.